The van der Waals surface area contributed by atoms with E-state index in [1.54, 1.807) is 6.08 Å². The van der Waals surface area contributed by atoms with E-state index in [4.69, 9.17) is 11.0 Å². The van der Waals surface area contributed by atoms with Crippen molar-refractivity contribution < 1.29 is 0 Å². The summed E-state index contributed by atoms with van der Waals surface area (Å²) in [7, 11) is 0. The molecule has 0 spiro atoms. The standard InChI is InChI=1S/C21H39N3/c1-5-9-11-15-21(8-4)24(16-12-14-20(23)17-22)18-19(7-3)13-10-6-2/h12,14,16,19,21H,5-11,13,15,18,23H2,1-4H3/b16-12+,20-14+. The van der Waals surface area contributed by atoms with Crippen molar-refractivity contribution in [1.29, 1.82) is 5.26 Å². The average molecular weight is 334 g/mol. The van der Waals surface area contributed by atoms with Crippen molar-refractivity contribution in [2.45, 2.75) is 91.5 Å². The molecule has 2 unspecified atom stereocenters. The maximum Gasteiger partial charge on any atom is 0.117 e. The van der Waals surface area contributed by atoms with Crippen LogP contribution in [0.25, 0.3) is 0 Å². The molecule has 2 N–H and O–H groups in total. The van der Waals surface area contributed by atoms with Gasteiger partial charge in [0.05, 0.1) is 0 Å². The lowest BCUT2D eigenvalue weighted by Gasteiger charge is -2.33. The molecule has 138 valence electrons. The van der Waals surface area contributed by atoms with Crippen molar-refractivity contribution in [3.8, 4) is 6.07 Å². The average Bonchev–Trinajstić information content (AvgIpc) is 2.60. The predicted molar refractivity (Wildman–Crippen MR) is 105 cm³/mol. The Morgan fingerprint density at radius 2 is 1.75 bits per heavy atom. The summed E-state index contributed by atoms with van der Waals surface area (Å²) in [6, 6.07) is 2.56. The number of nitriles is 1. The first-order valence-corrected chi connectivity index (χ1v) is 9.92. The maximum atomic E-state index is 8.79. The van der Waals surface area contributed by atoms with Crippen molar-refractivity contribution in [3.05, 3.63) is 24.0 Å². The molecule has 0 radical (unpaired) electrons. The first kappa shape index (κ1) is 22.6. The van der Waals surface area contributed by atoms with Crippen LogP contribution in [0.5, 0.6) is 0 Å². The molecule has 0 aromatic carbocycles. The number of rotatable bonds is 14. The molecule has 0 aliphatic rings. The van der Waals surface area contributed by atoms with Gasteiger partial charge in [0.2, 0.25) is 0 Å². The van der Waals surface area contributed by atoms with Crippen LogP contribution in [0.3, 0.4) is 0 Å². The van der Waals surface area contributed by atoms with Gasteiger partial charge >= 0.3 is 0 Å². The van der Waals surface area contributed by atoms with E-state index in [0.717, 1.165) is 18.9 Å². The summed E-state index contributed by atoms with van der Waals surface area (Å²) in [5.41, 5.74) is 5.86. The van der Waals surface area contributed by atoms with Gasteiger partial charge in [-0.05, 0) is 43.5 Å². The molecule has 2 atom stereocenters. The number of nitrogens with zero attached hydrogens (tertiary/aromatic N) is 2. The molecule has 0 amide bonds. The Labute approximate surface area is 150 Å². The molecular formula is C21H39N3. The van der Waals surface area contributed by atoms with Gasteiger partial charge in [0.25, 0.3) is 0 Å². The van der Waals surface area contributed by atoms with Gasteiger partial charge in [0.15, 0.2) is 0 Å². The van der Waals surface area contributed by atoms with E-state index in [2.05, 4.69) is 38.8 Å². The summed E-state index contributed by atoms with van der Waals surface area (Å²) in [4.78, 5) is 2.50. The van der Waals surface area contributed by atoms with Crippen molar-refractivity contribution in [2.75, 3.05) is 6.54 Å². The minimum absolute atomic E-state index is 0.267. The molecule has 0 rings (SSSR count). The van der Waals surface area contributed by atoms with Crippen LogP contribution in [-0.2, 0) is 0 Å². The van der Waals surface area contributed by atoms with Crippen LogP contribution < -0.4 is 5.73 Å². The SMILES string of the molecule is CCCCCC(CC)N(/C=C/C=C(/N)C#N)CC(CC)CCCC. The lowest BCUT2D eigenvalue weighted by Crippen LogP contribution is -2.34. The molecule has 0 heterocycles. The van der Waals surface area contributed by atoms with Crippen LogP contribution in [-0.4, -0.2) is 17.5 Å². The highest BCUT2D eigenvalue weighted by Gasteiger charge is 2.17. The number of unbranched alkanes of at least 4 members (excludes halogenated alkanes) is 3. The van der Waals surface area contributed by atoms with Gasteiger partial charge in [-0.2, -0.15) is 5.26 Å². The van der Waals surface area contributed by atoms with Crippen molar-refractivity contribution in [2.24, 2.45) is 11.7 Å². The van der Waals surface area contributed by atoms with E-state index in [-0.39, 0.29) is 5.70 Å². The van der Waals surface area contributed by atoms with Crippen LogP contribution in [0.15, 0.2) is 24.0 Å². The quantitative estimate of drug-likeness (QED) is 0.250. The minimum atomic E-state index is 0.267. The Morgan fingerprint density at radius 3 is 2.29 bits per heavy atom. The largest absolute Gasteiger partial charge is 0.390 e. The third-order valence-corrected chi connectivity index (χ3v) is 4.78. The third-order valence-electron chi connectivity index (χ3n) is 4.78. The van der Waals surface area contributed by atoms with Gasteiger partial charge in [0.1, 0.15) is 11.8 Å². The molecule has 0 aliphatic carbocycles. The van der Waals surface area contributed by atoms with E-state index in [1.165, 1.54) is 51.4 Å². The van der Waals surface area contributed by atoms with Gasteiger partial charge in [-0.3, -0.25) is 0 Å². The zero-order valence-electron chi connectivity index (χ0n) is 16.4. The fourth-order valence-corrected chi connectivity index (χ4v) is 3.08. The summed E-state index contributed by atoms with van der Waals surface area (Å²) in [5.74, 6) is 0.743. The molecule has 0 saturated carbocycles. The second-order valence-electron chi connectivity index (χ2n) is 6.75. The molecular weight excluding hydrogens is 294 g/mol. The number of hydrogen-bond donors (Lipinski definition) is 1. The van der Waals surface area contributed by atoms with E-state index in [9.17, 15) is 0 Å². The van der Waals surface area contributed by atoms with Crippen LogP contribution in [0, 0.1) is 17.2 Å². The topological polar surface area (TPSA) is 53.0 Å². The Kier molecular flexibility index (Phi) is 14.2. The second kappa shape index (κ2) is 15.1. The molecule has 0 aromatic heterocycles. The molecule has 3 nitrogen and oxygen atoms in total. The predicted octanol–water partition coefficient (Wildman–Crippen LogP) is 5.74. The van der Waals surface area contributed by atoms with Crippen molar-refractivity contribution in [1.82, 2.24) is 4.90 Å². The van der Waals surface area contributed by atoms with Crippen LogP contribution >= 0.6 is 0 Å². The van der Waals surface area contributed by atoms with Crippen molar-refractivity contribution >= 4 is 0 Å². The van der Waals surface area contributed by atoms with Crippen LogP contribution in [0.4, 0.5) is 0 Å². The highest BCUT2D eigenvalue weighted by Crippen LogP contribution is 2.20. The Hall–Kier alpha value is -1.43. The molecule has 0 aliphatic heterocycles. The van der Waals surface area contributed by atoms with E-state index in [1.807, 2.05) is 12.1 Å². The van der Waals surface area contributed by atoms with Crippen LogP contribution in [0.2, 0.25) is 0 Å². The van der Waals surface area contributed by atoms with Crippen LogP contribution in [0.1, 0.15) is 85.5 Å². The third kappa shape index (κ3) is 10.4. The second-order valence-corrected chi connectivity index (χ2v) is 6.75. The summed E-state index contributed by atoms with van der Waals surface area (Å²) in [5, 5.41) is 8.79. The Balaban J connectivity index is 4.99. The lowest BCUT2D eigenvalue weighted by molar-refractivity contribution is 0.206. The summed E-state index contributed by atoms with van der Waals surface area (Å²) in [6.45, 7) is 10.2. The highest BCUT2D eigenvalue weighted by atomic mass is 15.1. The Morgan fingerprint density at radius 1 is 1.04 bits per heavy atom. The van der Waals surface area contributed by atoms with Gasteiger partial charge in [-0.1, -0.05) is 66.2 Å². The first-order chi connectivity index (χ1) is 11.6. The highest BCUT2D eigenvalue weighted by molar-refractivity contribution is 5.21. The van der Waals surface area contributed by atoms with E-state index < -0.39 is 0 Å². The van der Waals surface area contributed by atoms with E-state index in [0.29, 0.717) is 6.04 Å². The summed E-state index contributed by atoms with van der Waals surface area (Å²) in [6.07, 6.45) is 17.2. The maximum absolute atomic E-state index is 8.79. The van der Waals surface area contributed by atoms with E-state index >= 15 is 0 Å². The van der Waals surface area contributed by atoms with Gasteiger partial charge < -0.3 is 10.6 Å². The first-order valence-electron chi connectivity index (χ1n) is 9.92. The number of hydrogen-bond acceptors (Lipinski definition) is 3. The lowest BCUT2D eigenvalue weighted by atomic mass is 9.96. The van der Waals surface area contributed by atoms with Crippen molar-refractivity contribution in [3.63, 3.8) is 0 Å². The number of allylic oxidation sites excluding steroid dienone is 3. The van der Waals surface area contributed by atoms with Gasteiger partial charge in [-0.15, -0.1) is 0 Å². The normalized spacial score (nSPS) is 14.5. The molecule has 0 fully saturated rings. The van der Waals surface area contributed by atoms with Gasteiger partial charge in [0, 0.05) is 12.6 Å². The zero-order valence-corrected chi connectivity index (χ0v) is 16.4. The Bertz CT molecular complexity index is 392. The fraction of sp³-hybridized carbons (Fsp3) is 0.762. The molecule has 0 saturated heterocycles. The zero-order chi connectivity index (χ0) is 18.2. The summed E-state index contributed by atoms with van der Waals surface area (Å²) < 4.78 is 0. The molecule has 0 bridgehead atoms. The number of nitrogens with two attached hydrogens (primary N) is 1. The smallest absolute Gasteiger partial charge is 0.117 e. The minimum Gasteiger partial charge on any atom is -0.390 e. The fourth-order valence-electron chi connectivity index (χ4n) is 3.08. The van der Waals surface area contributed by atoms with Gasteiger partial charge in [-0.25, -0.2) is 0 Å². The molecule has 3 heteroatoms. The molecule has 24 heavy (non-hydrogen) atoms. The monoisotopic (exact) mass is 333 g/mol. The molecule has 0 aromatic rings. The summed E-state index contributed by atoms with van der Waals surface area (Å²) >= 11 is 0.